The maximum atomic E-state index is 14.8. The number of hydrogen-bond donors (Lipinski definition) is 1. The lowest BCUT2D eigenvalue weighted by atomic mass is 9.99. The number of hydrogen-bond acceptors (Lipinski definition) is 3. The van der Waals surface area contributed by atoms with Gasteiger partial charge in [-0.05, 0) is 60.2 Å². The van der Waals surface area contributed by atoms with Crippen molar-refractivity contribution in [1.29, 1.82) is 0 Å². The monoisotopic (exact) mass is 431 g/mol. The molecule has 4 heterocycles. The summed E-state index contributed by atoms with van der Waals surface area (Å²) in [5.41, 5.74) is 7.29. The average molecular weight is 431 g/mol. The Morgan fingerprint density at radius 3 is 2.42 bits per heavy atom. The standard InChI is InChI=1S/C28H15F2N3/c29-17-11-19-20-12-18(30)14-22-26-9-3-7-24(32-26)16-5-1-4-15(10-16)23-6-2-8-25(31-23)21(13-17)27(19)33-28(20)22/h1-14,31H. The van der Waals surface area contributed by atoms with Crippen LogP contribution in [-0.2, 0) is 0 Å². The molecule has 3 nitrogen and oxygen atoms in total. The van der Waals surface area contributed by atoms with E-state index in [9.17, 15) is 8.78 Å². The summed E-state index contributed by atoms with van der Waals surface area (Å²) in [5, 5.41) is 4.69. The first-order valence-electron chi connectivity index (χ1n) is 10.6. The summed E-state index contributed by atoms with van der Waals surface area (Å²) in [5.74, 6) is -0.812. The maximum absolute atomic E-state index is 14.8. The largest absolute Gasteiger partial charge is 0.354 e. The number of allylic oxidation sites excluding steroid dienone is 2. The summed E-state index contributed by atoms with van der Waals surface area (Å²) in [7, 11) is 0. The van der Waals surface area contributed by atoms with Crippen LogP contribution in [-0.4, -0.2) is 4.98 Å². The SMILES string of the molecule is Fc1cc2c3c(c1)-c1cc(F)cc(c1=N3)=C1C=CC=C(N1)c1cccc(c1)-c1cccc-2n1. The molecule has 0 saturated heterocycles. The molecule has 4 aromatic rings. The molecule has 0 amide bonds. The molecule has 5 heteroatoms. The van der Waals surface area contributed by atoms with Gasteiger partial charge in [0, 0.05) is 38.9 Å². The normalized spacial score (nSPS) is 14.2. The maximum Gasteiger partial charge on any atom is 0.124 e. The van der Waals surface area contributed by atoms with Crippen molar-refractivity contribution in [3.63, 3.8) is 0 Å². The Labute approximate surface area is 187 Å². The van der Waals surface area contributed by atoms with Crippen molar-refractivity contribution in [2.24, 2.45) is 4.99 Å². The molecule has 7 rings (SSSR count). The van der Waals surface area contributed by atoms with E-state index in [1.807, 2.05) is 54.6 Å². The molecule has 0 aliphatic carbocycles. The van der Waals surface area contributed by atoms with Crippen molar-refractivity contribution in [2.75, 3.05) is 0 Å². The Kier molecular flexibility index (Phi) is 3.62. The van der Waals surface area contributed by atoms with E-state index in [-0.39, 0.29) is 0 Å². The minimum Gasteiger partial charge on any atom is -0.354 e. The quantitative estimate of drug-likeness (QED) is 0.364. The molecule has 0 saturated carbocycles. The number of pyridine rings is 1. The molecule has 1 N–H and O–H groups in total. The van der Waals surface area contributed by atoms with Crippen molar-refractivity contribution < 1.29 is 8.78 Å². The third-order valence-corrected chi connectivity index (χ3v) is 6.24. The number of rotatable bonds is 0. The highest BCUT2D eigenvalue weighted by atomic mass is 19.1. The smallest absolute Gasteiger partial charge is 0.124 e. The van der Waals surface area contributed by atoms with Gasteiger partial charge < -0.3 is 5.32 Å². The molecule has 8 bridgehead atoms. The van der Waals surface area contributed by atoms with Crippen molar-refractivity contribution in [2.45, 2.75) is 0 Å². The molecule has 0 spiro atoms. The van der Waals surface area contributed by atoms with Crippen molar-refractivity contribution >= 4 is 17.1 Å². The van der Waals surface area contributed by atoms with Gasteiger partial charge in [0.1, 0.15) is 11.6 Å². The highest BCUT2D eigenvalue weighted by molar-refractivity contribution is 5.91. The van der Waals surface area contributed by atoms with Gasteiger partial charge >= 0.3 is 0 Å². The lowest BCUT2D eigenvalue weighted by Crippen LogP contribution is -2.32. The van der Waals surface area contributed by atoms with E-state index in [1.54, 1.807) is 0 Å². The molecular weight excluding hydrogens is 416 g/mol. The summed E-state index contributed by atoms with van der Waals surface area (Å²) in [6.07, 6.45) is 5.82. The molecular formula is C28H15F2N3. The Hall–Kier alpha value is -4.38. The Balaban J connectivity index is 1.67. The fraction of sp³-hybridized carbons (Fsp3) is 0. The zero-order valence-corrected chi connectivity index (χ0v) is 17.2. The van der Waals surface area contributed by atoms with Crippen molar-refractivity contribution in [3.8, 4) is 33.6 Å². The van der Waals surface area contributed by atoms with E-state index >= 15 is 0 Å². The molecule has 1 aromatic heterocycles. The third kappa shape index (κ3) is 2.72. The summed E-state index contributed by atoms with van der Waals surface area (Å²) >= 11 is 0. The first-order chi connectivity index (χ1) is 16.1. The topological polar surface area (TPSA) is 37.3 Å². The number of fused-ring (bicyclic) bond motifs is 10. The van der Waals surface area contributed by atoms with E-state index in [1.165, 1.54) is 24.3 Å². The van der Waals surface area contributed by atoms with Gasteiger partial charge in [-0.2, -0.15) is 0 Å². The Morgan fingerprint density at radius 2 is 1.48 bits per heavy atom. The molecule has 3 aliphatic heterocycles. The van der Waals surface area contributed by atoms with E-state index < -0.39 is 11.6 Å². The first kappa shape index (κ1) is 18.2. The lowest BCUT2D eigenvalue weighted by molar-refractivity contribution is 0.625. The van der Waals surface area contributed by atoms with E-state index in [0.29, 0.717) is 38.6 Å². The van der Waals surface area contributed by atoms with Gasteiger partial charge in [0.05, 0.1) is 22.4 Å². The molecule has 0 atom stereocenters. The highest BCUT2D eigenvalue weighted by Crippen LogP contribution is 2.41. The van der Waals surface area contributed by atoms with Gasteiger partial charge in [-0.25, -0.2) is 18.8 Å². The molecule has 33 heavy (non-hydrogen) atoms. The lowest BCUT2D eigenvalue weighted by Gasteiger charge is -2.17. The van der Waals surface area contributed by atoms with Gasteiger partial charge in [-0.1, -0.05) is 30.3 Å². The van der Waals surface area contributed by atoms with Crippen LogP contribution in [0.4, 0.5) is 14.5 Å². The zero-order chi connectivity index (χ0) is 22.1. The minimum absolute atomic E-state index is 0.400. The number of halogens is 2. The zero-order valence-electron chi connectivity index (χ0n) is 17.2. The van der Waals surface area contributed by atoms with Crippen molar-refractivity contribution in [3.05, 3.63) is 113 Å². The minimum atomic E-state index is -0.412. The molecule has 0 fully saturated rings. The van der Waals surface area contributed by atoms with E-state index in [4.69, 9.17) is 9.98 Å². The van der Waals surface area contributed by atoms with Crippen LogP contribution in [0.5, 0.6) is 0 Å². The second kappa shape index (κ2) is 6.56. The number of nitrogens with zero attached hydrogens (tertiary/aromatic N) is 2. The average Bonchev–Trinajstić information content (AvgIpc) is 3.21. The predicted octanol–water partition coefficient (Wildman–Crippen LogP) is 5.25. The Bertz CT molecular complexity index is 1710. The highest BCUT2D eigenvalue weighted by Gasteiger charge is 2.23. The molecule has 0 radical (unpaired) electrons. The van der Waals surface area contributed by atoms with Crippen LogP contribution < -0.4 is 15.9 Å². The fourth-order valence-corrected chi connectivity index (χ4v) is 4.75. The molecule has 0 unspecified atom stereocenters. The van der Waals surface area contributed by atoms with Gasteiger partial charge in [0.15, 0.2) is 0 Å². The molecule has 3 aromatic carbocycles. The van der Waals surface area contributed by atoms with Crippen LogP contribution in [0.25, 0.3) is 45.0 Å². The summed E-state index contributed by atoms with van der Waals surface area (Å²) in [4.78, 5) is 9.74. The Morgan fingerprint density at radius 1 is 0.727 bits per heavy atom. The van der Waals surface area contributed by atoms with E-state index in [2.05, 4.69) is 11.4 Å². The number of dihydropyridines is 1. The van der Waals surface area contributed by atoms with Gasteiger partial charge in [0.2, 0.25) is 0 Å². The summed E-state index contributed by atoms with van der Waals surface area (Å²) in [6.45, 7) is 0. The van der Waals surface area contributed by atoms with Gasteiger partial charge in [-0.3, -0.25) is 0 Å². The second-order valence-corrected chi connectivity index (χ2v) is 8.28. The number of nitrogens with one attached hydrogen (secondary N) is 1. The van der Waals surface area contributed by atoms with Gasteiger partial charge in [-0.15, -0.1) is 0 Å². The van der Waals surface area contributed by atoms with Gasteiger partial charge in [0.25, 0.3) is 0 Å². The fourth-order valence-electron chi connectivity index (χ4n) is 4.75. The molecule has 3 aliphatic rings. The third-order valence-electron chi connectivity index (χ3n) is 6.24. The molecule has 156 valence electrons. The summed E-state index contributed by atoms with van der Waals surface area (Å²) < 4.78 is 29.6. The van der Waals surface area contributed by atoms with Crippen molar-refractivity contribution in [1.82, 2.24) is 10.3 Å². The van der Waals surface area contributed by atoms with Crippen LogP contribution in [0.2, 0.25) is 0 Å². The summed E-state index contributed by atoms with van der Waals surface area (Å²) in [6, 6.07) is 19.5. The van der Waals surface area contributed by atoms with Crippen LogP contribution in [0.15, 0.2) is 90.0 Å². The van der Waals surface area contributed by atoms with E-state index in [0.717, 1.165) is 28.2 Å². The first-order valence-corrected chi connectivity index (χ1v) is 10.6. The predicted molar refractivity (Wildman–Crippen MR) is 125 cm³/mol. The van der Waals surface area contributed by atoms with Crippen LogP contribution in [0.1, 0.15) is 5.56 Å². The van der Waals surface area contributed by atoms with Crippen LogP contribution in [0, 0.1) is 11.6 Å². The number of benzene rings is 3. The van der Waals surface area contributed by atoms with Crippen LogP contribution in [0.3, 0.4) is 0 Å². The second-order valence-electron chi connectivity index (χ2n) is 8.28. The van der Waals surface area contributed by atoms with Crippen LogP contribution >= 0.6 is 0 Å². The number of aromatic nitrogens is 1.